The Kier molecular flexibility index (Phi) is 6.39. The summed E-state index contributed by atoms with van der Waals surface area (Å²) in [6, 6.07) is 6.91. The number of methoxy groups -OCH3 is 3. The topological polar surface area (TPSA) is 81.7 Å². The van der Waals surface area contributed by atoms with Gasteiger partial charge < -0.3 is 24.8 Å². The Hall–Kier alpha value is -2.80. The van der Waals surface area contributed by atoms with Crippen molar-refractivity contribution < 1.29 is 19.0 Å². The summed E-state index contributed by atoms with van der Waals surface area (Å²) in [6.07, 6.45) is 3.16. The highest BCUT2D eigenvalue weighted by Gasteiger charge is 2.11. The molecule has 0 saturated carbocycles. The van der Waals surface area contributed by atoms with Crippen LogP contribution in [0, 0.1) is 0 Å². The predicted octanol–water partition coefficient (Wildman–Crippen LogP) is 2.41. The number of amides is 1. The normalized spacial score (nSPS) is 10.1. The molecular formula is C17H21N3O4. The van der Waals surface area contributed by atoms with Crippen LogP contribution in [0.4, 0.5) is 11.4 Å². The van der Waals surface area contributed by atoms with E-state index < -0.39 is 0 Å². The molecule has 0 spiro atoms. The maximum Gasteiger partial charge on any atom is 0.257 e. The maximum atomic E-state index is 12.4. The molecular weight excluding hydrogens is 310 g/mol. The number of carbonyl (C=O) groups is 1. The van der Waals surface area contributed by atoms with Crippen molar-refractivity contribution in [3.63, 3.8) is 0 Å². The van der Waals surface area contributed by atoms with Crippen LogP contribution < -0.4 is 20.1 Å². The van der Waals surface area contributed by atoms with E-state index in [2.05, 4.69) is 15.6 Å². The van der Waals surface area contributed by atoms with Gasteiger partial charge in [-0.2, -0.15) is 0 Å². The largest absolute Gasteiger partial charge is 0.497 e. The SMILES string of the molecule is COCCNc1cncc(C(=O)Nc2ccc(OC)cc2OC)c1. The molecule has 0 radical (unpaired) electrons. The van der Waals surface area contributed by atoms with E-state index in [0.717, 1.165) is 5.69 Å². The molecule has 0 fully saturated rings. The van der Waals surface area contributed by atoms with Crippen molar-refractivity contribution in [3.05, 3.63) is 42.2 Å². The van der Waals surface area contributed by atoms with Crippen LogP contribution in [0.1, 0.15) is 10.4 Å². The van der Waals surface area contributed by atoms with Crippen molar-refractivity contribution in [2.45, 2.75) is 0 Å². The second-order valence-corrected chi connectivity index (χ2v) is 4.90. The molecule has 0 bridgehead atoms. The van der Waals surface area contributed by atoms with Crippen molar-refractivity contribution in [2.75, 3.05) is 45.1 Å². The molecule has 0 aliphatic rings. The van der Waals surface area contributed by atoms with E-state index in [9.17, 15) is 4.79 Å². The summed E-state index contributed by atoms with van der Waals surface area (Å²) in [6.45, 7) is 1.20. The number of benzene rings is 1. The lowest BCUT2D eigenvalue weighted by atomic mass is 10.2. The van der Waals surface area contributed by atoms with Crippen molar-refractivity contribution in [3.8, 4) is 11.5 Å². The number of hydrogen-bond donors (Lipinski definition) is 2. The number of carbonyl (C=O) groups excluding carboxylic acids is 1. The van der Waals surface area contributed by atoms with Crippen LogP contribution in [0.2, 0.25) is 0 Å². The maximum absolute atomic E-state index is 12.4. The molecule has 128 valence electrons. The Balaban J connectivity index is 2.11. The Morgan fingerprint density at radius 3 is 2.67 bits per heavy atom. The minimum absolute atomic E-state index is 0.277. The van der Waals surface area contributed by atoms with Gasteiger partial charge in [-0.3, -0.25) is 9.78 Å². The lowest BCUT2D eigenvalue weighted by molar-refractivity contribution is 0.102. The summed E-state index contributed by atoms with van der Waals surface area (Å²) >= 11 is 0. The van der Waals surface area contributed by atoms with Crippen LogP contribution in [-0.4, -0.2) is 45.4 Å². The first-order valence-corrected chi connectivity index (χ1v) is 7.39. The molecule has 0 aliphatic heterocycles. The van der Waals surface area contributed by atoms with Gasteiger partial charge in [0.25, 0.3) is 5.91 Å². The monoisotopic (exact) mass is 331 g/mol. The fourth-order valence-corrected chi connectivity index (χ4v) is 2.05. The summed E-state index contributed by atoms with van der Waals surface area (Å²) in [4.78, 5) is 16.5. The second kappa shape index (κ2) is 8.73. The number of nitrogens with zero attached hydrogens (tertiary/aromatic N) is 1. The molecule has 0 unspecified atom stereocenters. The molecule has 1 amide bonds. The van der Waals surface area contributed by atoms with E-state index >= 15 is 0 Å². The van der Waals surface area contributed by atoms with Crippen LogP contribution in [0.15, 0.2) is 36.7 Å². The first-order valence-electron chi connectivity index (χ1n) is 7.39. The zero-order valence-electron chi connectivity index (χ0n) is 14.0. The number of hydrogen-bond acceptors (Lipinski definition) is 6. The number of rotatable bonds is 8. The molecule has 2 rings (SSSR count). The standard InChI is InChI=1S/C17H21N3O4/c1-22-7-6-19-13-8-12(10-18-11-13)17(21)20-15-5-4-14(23-2)9-16(15)24-3/h4-5,8-11,19H,6-7H2,1-3H3,(H,20,21). The van der Waals surface area contributed by atoms with Gasteiger partial charge in [0.1, 0.15) is 11.5 Å². The van der Waals surface area contributed by atoms with Crippen molar-refractivity contribution >= 4 is 17.3 Å². The number of pyridine rings is 1. The van der Waals surface area contributed by atoms with Gasteiger partial charge in [-0.05, 0) is 18.2 Å². The number of nitrogens with one attached hydrogen (secondary N) is 2. The van der Waals surface area contributed by atoms with Crippen LogP contribution in [0.5, 0.6) is 11.5 Å². The van der Waals surface area contributed by atoms with Gasteiger partial charge in [0.15, 0.2) is 0 Å². The third-order valence-electron chi connectivity index (χ3n) is 3.29. The van der Waals surface area contributed by atoms with Gasteiger partial charge in [0, 0.05) is 32.1 Å². The first kappa shape index (κ1) is 17.6. The minimum atomic E-state index is -0.277. The average Bonchev–Trinajstić information content (AvgIpc) is 2.62. The van der Waals surface area contributed by atoms with Crippen LogP contribution in [0.25, 0.3) is 0 Å². The molecule has 0 saturated heterocycles. The molecule has 2 aromatic rings. The molecule has 7 nitrogen and oxygen atoms in total. The van der Waals surface area contributed by atoms with Crippen molar-refractivity contribution in [2.24, 2.45) is 0 Å². The average molecular weight is 331 g/mol. The van der Waals surface area contributed by atoms with Gasteiger partial charge in [-0.1, -0.05) is 0 Å². The molecule has 1 heterocycles. The molecule has 0 aliphatic carbocycles. The summed E-state index contributed by atoms with van der Waals surface area (Å²) < 4.78 is 15.4. The molecule has 1 aromatic carbocycles. The Labute approximate surface area is 140 Å². The lowest BCUT2D eigenvalue weighted by Crippen LogP contribution is -2.14. The summed E-state index contributed by atoms with van der Waals surface area (Å²) in [7, 11) is 4.74. The second-order valence-electron chi connectivity index (χ2n) is 4.90. The van der Waals surface area contributed by atoms with E-state index in [1.807, 2.05) is 0 Å². The van der Waals surface area contributed by atoms with Crippen molar-refractivity contribution in [1.82, 2.24) is 4.98 Å². The highest BCUT2D eigenvalue weighted by molar-refractivity contribution is 6.05. The van der Waals surface area contributed by atoms with Gasteiger partial charge in [-0.15, -0.1) is 0 Å². The number of ether oxygens (including phenoxy) is 3. The lowest BCUT2D eigenvalue weighted by Gasteiger charge is -2.12. The molecule has 1 aromatic heterocycles. The van der Waals surface area contributed by atoms with Gasteiger partial charge in [0.2, 0.25) is 0 Å². The molecule has 7 heteroatoms. The smallest absolute Gasteiger partial charge is 0.257 e. The third-order valence-corrected chi connectivity index (χ3v) is 3.29. The van der Waals surface area contributed by atoms with E-state index in [-0.39, 0.29) is 5.91 Å². The molecule has 2 N–H and O–H groups in total. The number of aromatic nitrogens is 1. The van der Waals surface area contributed by atoms with Crippen LogP contribution in [-0.2, 0) is 4.74 Å². The van der Waals surface area contributed by atoms with E-state index in [4.69, 9.17) is 14.2 Å². The van der Waals surface area contributed by atoms with E-state index in [0.29, 0.717) is 35.9 Å². The van der Waals surface area contributed by atoms with Gasteiger partial charge in [-0.25, -0.2) is 0 Å². The van der Waals surface area contributed by atoms with Gasteiger partial charge in [0.05, 0.1) is 37.8 Å². The van der Waals surface area contributed by atoms with Gasteiger partial charge >= 0.3 is 0 Å². The highest BCUT2D eigenvalue weighted by Crippen LogP contribution is 2.29. The Morgan fingerprint density at radius 2 is 1.96 bits per heavy atom. The zero-order valence-corrected chi connectivity index (χ0v) is 14.0. The summed E-state index contributed by atoms with van der Waals surface area (Å²) in [5, 5.41) is 5.95. The highest BCUT2D eigenvalue weighted by atomic mass is 16.5. The predicted molar refractivity (Wildman–Crippen MR) is 92.1 cm³/mol. The Morgan fingerprint density at radius 1 is 1.12 bits per heavy atom. The minimum Gasteiger partial charge on any atom is -0.497 e. The molecule has 0 atom stereocenters. The quantitative estimate of drug-likeness (QED) is 0.723. The number of anilines is 2. The van der Waals surface area contributed by atoms with Crippen LogP contribution >= 0.6 is 0 Å². The zero-order chi connectivity index (χ0) is 17.4. The first-order chi connectivity index (χ1) is 11.7. The van der Waals surface area contributed by atoms with Crippen molar-refractivity contribution in [1.29, 1.82) is 0 Å². The summed E-state index contributed by atoms with van der Waals surface area (Å²) in [5.41, 5.74) is 1.75. The third kappa shape index (κ3) is 4.60. The fourth-order valence-electron chi connectivity index (χ4n) is 2.05. The molecule has 24 heavy (non-hydrogen) atoms. The fraction of sp³-hybridized carbons (Fsp3) is 0.294. The van der Waals surface area contributed by atoms with E-state index in [1.54, 1.807) is 44.7 Å². The van der Waals surface area contributed by atoms with Crippen LogP contribution in [0.3, 0.4) is 0 Å². The summed E-state index contributed by atoms with van der Waals surface area (Å²) in [5.74, 6) is 0.891. The van der Waals surface area contributed by atoms with E-state index in [1.165, 1.54) is 13.3 Å². The Bertz CT molecular complexity index is 691.